The number of amides is 1. The van der Waals surface area contributed by atoms with Crippen LogP contribution in [0.4, 0.5) is 5.82 Å². The van der Waals surface area contributed by atoms with E-state index in [0.717, 1.165) is 18.4 Å². The second kappa shape index (κ2) is 7.30. The van der Waals surface area contributed by atoms with Crippen molar-refractivity contribution in [2.24, 2.45) is 0 Å². The number of hydrogen-bond donors (Lipinski definition) is 1. The predicted octanol–water partition coefficient (Wildman–Crippen LogP) is 2.55. The van der Waals surface area contributed by atoms with Crippen LogP contribution in [-0.2, 0) is 6.54 Å². The van der Waals surface area contributed by atoms with Crippen LogP contribution >= 0.6 is 0 Å². The Labute approximate surface area is 179 Å². The van der Waals surface area contributed by atoms with Crippen molar-refractivity contribution in [2.75, 3.05) is 25.7 Å². The first-order valence-electron chi connectivity index (χ1n) is 10.5. The molecule has 1 atom stereocenters. The van der Waals surface area contributed by atoms with Gasteiger partial charge >= 0.3 is 0 Å². The molecule has 0 bridgehead atoms. The maximum atomic E-state index is 13.7. The van der Waals surface area contributed by atoms with Crippen LogP contribution in [-0.4, -0.2) is 50.6 Å². The van der Waals surface area contributed by atoms with E-state index in [9.17, 15) is 14.7 Å². The van der Waals surface area contributed by atoms with Gasteiger partial charge in [0.2, 0.25) is 11.7 Å². The van der Waals surface area contributed by atoms with E-state index in [1.807, 2.05) is 42.3 Å². The van der Waals surface area contributed by atoms with Crippen molar-refractivity contribution >= 4 is 17.5 Å². The van der Waals surface area contributed by atoms with Crippen LogP contribution in [0.2, 0.25) is 0 Å². The third kappa shape index (κ3) is 3.01. The Morgan fingerprint density at radius 2 is 1.87 bits per heavy atom. The molecule has 0 radical (unpaired) electrons. The molecule has 1 aromatic carbocycles. The molecule has 8 heteroatoms. The van der Waals surface area contributed by atoms with Crippen molar-refractivity contribution in [3.8, 4) is 5.88 Å². The lowest BCUT2D eigenvalue weighted by Crippen LogP contribution is -2.44. The molecule has 0 saturated heterocycles. The monoisotopic (exact) mass is 419 g/mol. The van der Waals surface area contributed by atoms with Crippen LogP contribution in [0.15, 0.2) is 47.3 Å². The molecule has 1 unspecified atom stereocenters. The van der Waals surface area contributed by atoms with Gasteiger partial charge in [0.1, 0.15) is 0 Å². The Balaban J connectivity index is 1.83. The number of hydrogen-bond acceptors (Lipinski definition) is 5. The van der Waals surface area contributed by atoms with Crippen LogP contribution in [0.3, 0.4) is 0 Å². The number of nitrogens with zero attached hydrogens (tertiary/aromatic N) is 5. The summed E-state index contributed by atoms with van der Waals surface area (Å²) in [6, 6.07) is 9.72. The highest BCUT2D eigenvalue weighted by molar-refractivity contribution is 6.00. The standard InChI is InChI=1S/C23H25N5O3/c1-25-14-26(2)22(31)18-19(25)24-23-27(13-15-9-5-3-6-10-15)20(29)17(21(30)28(18)23)16-11-7-4-8-12-16/h3-7,9-10,16,29H,8,11-14H2,1-2H3. The van der Waals surface area contributed by atoms with Crippen LogP contribution in [0.25, 0.3) is 5.78 Å². The van der Waals surface area contributed by atoms with E-state index < -0.39 is 0 Å². The molecule has 2 aliphatic rings. The van der Waals surface area contributed by atoms with Gasteiger partial charge in [-0.25, -0.2) is 4.40 Å². The number of rotatable bonds is 3. The molecular formula is C23H25N5O3. The van der Waals surface area contributed by atoms with Crippen LogP contribution in [0, 0.1) is 0 Å². The normalized spacial score (nSPS) is 18.6. The number of allylic oxidation sites excluding steroid dienone is 2. The van der Waals surface area contributed by atoms with Crippen LogP contribution < -0.4 is 10.5 Å². The van der Waals surface area contributed by atoms with Crippen molar-refractivity contribution in [2.45, 2.75) is 31.7 Å². The zero-order valence-corrected chi connectivity index (χ0v) is 17.7. The maximum Gasteiger partial charge on any atom is 0.276 e. The molecule has 1 aliphatic heterocycles. The minimum Gasteiger partial charge on any atom is -0.494 e. The van der Waals surface area contributed by atoms with Gasteiger partial charge in [-0.2, -0.15) is 4.98 Å². The molecule has 0 fully saturated rings. The second-order valence-electron chi connectivity index (χ2n) is 8.36. The highest BCUT2D eigenvalue weighted by atomic mass is 16.3. The minimum atomic E-state index is -0.358. The molecule has 160 valence electrons. The number of benzene rings is 1. The Bertz CT molecular complexity index is 1260. The van der Waals surface area contributed by atoms with Crippen molar-refractivity contribution in [1.82, 2.24) is 18.9 Å². The zero-order chi connectivity index (χ0) is 21.7. The van der Waals surface area contributed by atoms with Crippen molar-refractivity contribution < 1.29 is 9.90 Å². The van der Waals surface area contributed by atoms with Gasteiger partial charge in [-0.1, -0.05) is 42.5 Å². The molecule has 0 saturated carbocycles. The van der Waals surface area contributed by atoms with Gasteiger partial charge < -0.3 is 14.9 Å². The number of aromatic hydroxyl groups is 1. The average Bonchev–Trinajstić information content (AvgIpc) is 3.18. The van der Waals surface area contributed by atoms with E-state index in [0.29, 0.717) is 31.0 Å². The molecule has 5 rings (SSSR count). The van der Waals surface area contributed by atoms with E-state index >= 15 is 0 Å². The molecule has 1 aliphatic carbocycles. The number of carbonyl (C=O) groups excluding carboxylic acids is 1. The molecule has 2 aromatic heterocycles. The first-order chi connectivity index (χ1) is 15.0. The Kier molecular flexibility index (Phi) is 4.57. The summed E-state index contributed by atoms with van der Waals surface area (Å²) in [5.74, 6) is 0.330. The van der Waals surface area contributed by atoms with E-state index in [1.54, 1.807) is 16.5 Å². The molecule has 31 heavy (non-hydrogen) atoms. The fraction of sp³-hybridized carbons (Fsp3) is 0.348. The Morgan fingerprint density at radius 3 is 2.58 bits per heavy atom. The number of fused-ring (bicyclic) bond motifs is 3. The molecule has 3 heterocycles. The van der Waals surface area contributed by atoms with Crippen LogP contribution in [0.1, 0.15) is 46.8 Å². The topological polar surface area (TPSA) is 83.1 Å². The lowest BCUT2D eigenvalue weighted by molar-refractivity contribution is 0.0777. The number of anilines is 1. The van der Waals surface area contributed by atoms with Crippen LogP contribution in [0.5, 0.6) is 5.88 Å². The highest BCUT2D eigenvalue weighted by Gasteiger charge is 2.35. The summed E-state index contributed by atoms with van der Waals surface area (Å²) in [4.78, 5) is 34.8. The summed E-state index contributed by atoms with van der Waals surface area (Å²) in [5, 5.41) is 11.3. The van der Waals surface area contributed by atoms with Crippen molar-refractivity contribution in [3.05, 3.63) is 69.7 Å². The lowest BCUT2D eigenvalue weighted by atomic mass is 9.88. The average molecular weight is 419 g/mol. The third-order valence-electron chi connectivity index (χ3n) is 6.21. The van der Waals surface area contributed by atoms with Gasteiger partial charge in [-0.05, 0) is 30.7 Å². The summed E-state index contributed by atoms with van der Waals surface area (Å²) in [6.07, 6.45) is 6.47. The maximum absolute atomic E-state index is 13.7. The zero-order valence-electron chi connectivity index (χ0n) is 17.7. The van der Waals surface area contributed by atoms with E-state index in [1.165, 1.54) is 4.40 Å². The minimum absolute atomic E-state index is 0.0625. The fourth-order valence-electron chi connectivity index (χ4n) is 4.64. The highest BCUT2D eigenvalue weighted by Crippen LogP contribution is 2.35. The Hall–Kier alpha value is -3.55. The molecule has 1 N–H and O–H groups in total. The number of aromatic nitrogens is 3. The first kappa shape index (κ1) is 19.4. The van der Waals surface area contributed by atoms with Crippen molar-refractivity contribution in [1.29, 1.82) is 0 Å². The van der Waals surface area contributed by atoms with Gasteiger partial charge in [0.25, 0.3) is 11.5 Å². The van der Waals surface area contributed by atoms with Gasteiger partial charge in [-0.3, -0.25) is 14.2 Å². The fourth-order valence-corrected chi connectivity index (χ4v) is 4.64. The number of carbonyl (C=O) groups is 1. The largest absolute Gasteiger partial charge is 0.494 e. The summed E-state index contributed by atoms with van der Waals surface area (Å²) in [5.41, 5.74) is 1.22. The summed E-state index contributed by atoms with van der Waals surface area (Å²) < 4.78 is 3.06. The first-order valence-corrected chi connectivity index (χ1v) is 10.5. The predicted molar refractivity (Wildman–Crippen MR) is 118 cm³/mol. The van der Waals surface area contributed by atoms with E-state index in [2.05, 4.69) is 17.1 Å². The molecule has 0 spiro atoms. The molecule has 1 amide bonds. The second-order valence-corrected chi connectivity index (χ2v) is 8.36. The number of imidazole rings is 1. The summed E-state index contributed by atoms with van der Waals surface area (Å²) in [7, 11) is 3.55. The smallest absolute Gasteiger partial charge is 0.276 e. The van der Waals surface area contributed by atoms with Crippen molar-refractivity contribution in [3.63, 3.8) is 0 Å². The van der Waals surface area contributed by atoms with Gasteiger partial charge in [0.05, 0.1) is 18.8 Å². The van der Waals surface area contributed by atoms with E-state index in [4.69, 9.17) is 0 Å². The SMILES string of the molecule is CN1CN(C)c2nc3n(Cc4ccccc4)c(O)c(C4CC=CCC4)c(=O)n3c2C1=O. The van der Waals surface area contributed by atoms with Gasteiger partial charge in [0.15, 0.2) is 11.5 Å². The summed E-state index contributed by atoms with van der Waals surface area (Å²) in [6.45, 7) is 0.727. The van der Waals surface area contributed by atoms with Gasteiger partial charge in [0, 0.05) is 14.1 Å². The quantitative estimate of drug-likeness (QED) is 0.660. The Morgan fingerprint density at radius 1 is 1.10 bits per heavy atom. The molecule has 3 aromatic rings. The lowest BCUT2D eigenvalue weighted by Gasteiger charge is -2.30. The molecular weight excluding hydrogens is 394 g/mol. The summed E-state index contributed by atoms with van der Waals surface area (Å²) >= 11 is 0. The van der Waals surface area contributed by atoms with Gasteiger partial charge in [-0.15, -0.1) is 0 Å². The third-order valence-corrected chi connectivity index (χ3v) is 6.21. The molecule has 8 nitrogen and oxygen atoms in total. The van der Waals surface area contributed by atoms with E-state index in [-0.39, 0.29) is 34.7 Å².